The third kappa shape index (κ3) is 2.22. The Labute approximate surface area is 128 Å². The van der Waals surface area contributed by atoms with Crippen molar-refractivity contribution in [1.29, 1.82) is 0 Å². The van der Waals surface area contributed by atoms with E-state index in [0.29, 0.717) is 5.41 Å². The van der Waals surface area contributed by atoms with Crippen LogP contribution in [0.2, 0.25) is 0 Å². The van der Waals surface area contributed by atoms with Crippen molar-refractivity contribution in [3.05, 3.63) is 44.2 Å². The molecule has 126 valence electrons. The van der Waals surface area contributed by atoms with Gasteiger partial charge in [-0.1, -0.05) is 0 Å². The van der Waals surface area contributed by atoms with E-state index < -0.39 is 52.0 Å². The molecule has 1 aromatic rings. The van der Waals surface area contributed by atoms with Gasteiger partial charge in [0.1, 0.15) is 12.2 Å². The number of hydrogen-bond donors (Lipinski definition) is 4. The summed E-state index contributed by atoms with van der Waals surface area (Å²) in [5.74, 6) is 0. The zero-order valence-electron chi connectivity index (χ0n) is 11.4. The highest BCUT2D eigenvalue weighted by Crippen LogP contribution is 2.46. The molecule has 4 atom stereocenters. The molecule has 1 saturated heterocycles. The summed E-state index contributed by atoms with van der Waals surface area (Å²) < 4.78 is 34.3. The molecule has 1 spiro atoms. The number of aliphatic hydroxyl groups is 2. The van der Waals surface area contributed by atoms with Crippen molar-refractivity contribution in [2.45, 2.75) is 24.0 Å². The molecule has 0 amide bonds. The number of aliphatic hydroxyl groups excluding tert-OH is 2. The average molecular weight is 347 g/mol. The van der Waals surface area contributed by atoms with Crippen LogP contribution in [0.1, 0.15) is 6.23 Å². The van der Waals surface area contributed by atoms with Crippen molar-refractivity contribution in [3.63, 3.8) is 0 Å². The lowest BCUT2D eigenvalue weighted by molar-refractivity contribution is -0.0590. The predicted molar refractivity (Wildman–Crippen MR) is 73.3 cm³/mol. The van der Waals surface area contributed by atoms with Crippen LogP contribution in [0.5, 0.6) is 0 Å². The zero-order valence-corrected chi connectivity index (χ0v) is 12.3. The van der Waals surface area contributed by atoms with Gasteiger partial charge in [-0.2, -0.15) is 8.42 Å². The van der Waals surface area contributed by atoms with Crippen LogP contribution in [0.4, 0.5) is 0 Å². The number of aromatic nitrogens is 2. The Morgan fingerprint density at radius 1 is 1.43 bits per heavy atom. The molecule has 0 aromatic carbocycles. The van der Waals surface area contributed by atoms with Gasteiger partial charge in [-0.3, -0.25) is 14.3 Å². The molecule has 1 fully saturated rings. The number of ether oxygens (including phenoxy) is 1. The average Bonchev–Trinajstić information content (AvgIpc) is 2.86. The summed E-state index contributed by atoms with van der Waals surface area (Å²) >= 11 is 0. The summed E-state index contributed by atoms with van der Waals surface area (Å²) in [4.78, 5) is 24.9. The maximum atomic E-state index is 11.8. The normalized spacial score (nSPS) is 35.6. The van der Waals surface area contributed by atoms with Crippen LogP contribution >= 0.6 is 0 Å². The zero-order chi connectivity index (χ0) is 17.0. The second-order valence-corrected chi connectivity index (χ2v) is 6.49. The molecule has 3 rings (SSSR count). The maximum absolute atomic E-state index is 11.8. The van der Waals surface area contributed by atoms with E-state index in [4.69, 9.17) is 14.7 Å². The van der Waals surface area contributed by atoms with E-state index in [9.17, 15) is 28.2 Å². The molecule has 0 saturated carbocycles. The molecule has 5 N–H and O–H groups in total. The van der Waals surface area contributed by atoms with Crippen molar-refractivity contribution in [2.24, 2.45) is 5.73 Å². The van der Waals surface area contributed by atoms with E-state index in [1.165, 1.54) is 0 Å². The molecule has 1 aromatic heterocycles. The molecule has 3 heterocycles. The van der Waals surface area contributed by atoms with Gasteiger partial charge in [0.2, 0.25) is 0 Å². The number of H-pyrrole nitrogens is 1. The number of aromatic amines is 1. The summed E-state index contributed by atoms with van der Waals surface area (Å²) in [6.07, 6.45) is -3.42. The lowest BCUT2D eigenvalue weighted by Gasteiger charge is -2.30. The smallest absolute Gasteiger partial charge is 0.330 e. The number of nitrogens with zero attached hydrogens (tertiary/aromatic N) is 1. The second-order valence-electron chi connectivity index (χ2n) is 5.10. The Kier molecular flexibility index (Phi) is 3.46. The second kappa shape index (κ2) is 5.01. The van der Waals surface area contributed by atoms with Crippen LogP contribution < -0.4 is 17.0 Å². The quantitative estimate of drug-likeness (QED) is 0.399. The molecule has 23 heavy (non-hydrogen) atoms. The predicted octanol–water partition coefficient (Wildman–Crippen LogP) is -3.31. The minimum atomic E-state index is -4.17. The van der Waals surface area contributed by atoms with Gasteiger partial charge in [-0.25, -0.2) is 8.98 Å². The lowest BCUT2D eigenvalue weighted by Crippen LogP contribution is -2.53. The fourth-order valence-corrected chi connectivity index (χ4v) is 3.97. The first-order chi connectivity index (χ1) is 10.7. The van der Waals surface area contributed by atoms with Gasteiger partial charge in [-0.15, -0.1) is 0 Å². The first kappa shape index (κ1) is 15.9. The van der Waals surface area contributed by atoms with E-state index in [2.05, 4.69) is 0 Å². The summed E-state index contributed by atoms with van der Waals surface area (Å²) in [7, 11) is -4.17. The third-order valence-electron chi connectivity index (χ3n) is 3.76. The minimum Gasteiger partial charge on any atom is -0.399 e. The van der Waals surface area contributed by atoms with Crippen LogP contribution in [-0.2, 0) is 19.0 Å². The number of nitrogens with two attached hydrogens (primary N) is 1. The molecule has 2 aliphatic rings. The Hall–Kier alpha value is -1.99. The standard InChI is InChI=1S/C11H13N3O8S/c12-5-4-23(19,20)22-11(5)6(3-15)21-9(8(11)17)14-2-1-7(16)13-10(14)18/h1-2,4,6,8-9,15,17H,3,12H2,(H,13,16,18)/t6?,8-,9+,11?/m0/s1. The van der Waals surface area contributed by atoms with Gasteiger partial charge in [0, 0.05) is 12.3 Å². The Bertz CT molecular complexity index is 887. The highest BCUT2D eigenvalue weighted by atomic mass is 32.2. The molecule has 12 heteroatoms. The molecule has 0 radical (unpaired) electrons. The van der Waals surface area contributed by atoms with Crippen molar-refractivity contribution in [2.75, 3.05) is 6.61 Å². The van der Waals surface area contributed by atoms with E-state index >= 15 is 0 Å². The van der Waals surface area contributed by atoms with Gasteiger partial charge in [0.25, 0.3) is 15.7 Å². The van der Waals surface area contributed by atoms with E-state index in [0.717, 1.165) is 16.8 Å². The summed E-state index contributed by atoms with van der Waals surface area (Å²) in [6.45, 7) is -0.726. The summed E-state index contributed by atoms with van der Waals surface area (Å²) in [5.41, 5.74) is 1.71. The van der Waals surface area contributed by atoms with Gasteiger partial charge >= 0.3 is 5.69 Å². The van der Waals surface area contributed by atoms with Crippen LogP contribution in [0.15, 0.2) is 33.0 Å². The molecular formula is C11H13N3O8S. The lowest BCUT2D eigenvalue weighted by atomic mass is 9.89. The van der Waals surface area contributed by atoms with Crippen LogP contribution in [0.3, 0.4) is 0 Å². The summed E-state index contributed by atoms with van der Waals surface area (Å²) in [6, 6.07) is 1.02. The summed E-state index contributed by atoms with van der Waals surface area (Å²) in [5, 5.41) is 20.5. The van der Waals surface area contributed by atoms with Gasteiger partial charge in [0.05, 0.1) is 17.7 Å². The number of hydrogen-bond acceptors (Lipinski definition) is 9. The van der Waals surface area contributed by atoms with Gasteiger partial charge < -0.3 is 20.7 Å². The van der Waals surface area contributed by atoms with Crippen molar-refractivity contribution in [1.82, 2.24) is 9.55 Å². The fourth-order valence-electron chi connectivity index (χ4n) is 2.74. The Morgan fingerprint density at radius 2 is 2.13 bits per heavy atom. The first-order valence-electron chi connectivity index (χ1n) is 6.40. The third-order valence-corrected chi connectivity index (χ3v) is 4.81. The highest BCUT2D eigenvalue weighted by molar-refractivity contribution is 7.90. The Balaban J connectivity index is 2.10. The molecule has 0 bridgehead atoms. The van der Waals surface area contributed by atoms with E-state index in [1.54, 1.807) is 0 Å². The molecule has 2 aliphatic heterocycles. The van der Waals surface area contributed by atoms with Crippen LogP contribution in [0, 0.1) is 0 Å². The van der Waals surface area contributed by atoms with Crippen LogP contribution in [-0.4, -0.2) is 52.6 Å². The topological polar surface area (TPSA) is 174 Å². The number of nitrogens with one attached hydrogen (secondary N) is 1. The molecular weight excluding hydrogens is 334 g/mol. The maximum Gasteiger partial charge on any atom is 0.330 e. The highest BCUT2D eigenvalue weighted by Gasteiger charge is 2.64. The number of rotatable bonds is 2. The largest absolute Gasteiger partial charge is 0.399 e. The fraction of sp³-hybridized carbons (Fsp3) is 0.455. The monoisotopic (exact) mass is 347 g/mol. The van der Waals surface area contributed by atoms with Gasteiger partial charge in [0.15, 0.2) is 11.8 Å². The molecule has 2 unspecified atom stereocenters. The van der Waals surface area contributed by atoms with Crippen LogP contribution in [0.25, 0.3) is 0 Å². The van der Waals surface area contributed by atoms with Crippen molar-refractivity contribution < 1.29 is 27.6 Å². The van der Waals surface area contributed by atoms with Crippen molar-refractivity contribution in [3.8, 4) is 0 Å². The van der Waals surface area contributed by atoms with Crippen molar-refractivity contribution >= 4 is 10.1 Å². The van der Waals surface area contributed by atoms with Gasteiger partial charge in [-0.05, 0) is 0 Å². The molecule has 0 aliphatic carbocycles. The first-order valence-corrected chi connectivity index (χ1v) is 7.87. The van der Waals surface area contributed by atoms with E-state index in [1.807, 2.05) is 4.98 Å². The molecule has 11 nitrogen and oxygen atoms in total. The van der Waals surface area contributed by atoms with E-state index in [-0.39, 0.29) is 5.70 Å². The Morgan fingerprint density at radius 3 is 2.65 bits per heavy atom. The minimum absolute atomic E-state index is 0.357. The SMILES string of the molecule is NC1=CS(=O)(=O)OC12C(CO)O[C@@H](n1ccc(=O)[nH]c1=O)[C@@H]2O.